The molecule has 1 nitrogen and oxygen atoms in total. The first kappa shape index (κ1) is 21.1. The lowest BCUT2D eigenvalue weighted by Gasteiger charge is -2.31. The van der Waals surface area contributed by atoms with Crippen LogP contribution in [0.3, 0.4) is 0 Å². The number of hydrogen-bond acceptors (Lipinski definition) is 1. The Hall–Kier alpha value is -0.933. The second kappa shape index (κ2) is 9.52. The van der Waals surface area contributed by atoms with Crippen LogP contribution in [0, 0.1) is 20.8 Å². The Kier molecular flexibility index (Phi) is 8.38. The van der Waals surface area contributed by atoms with Crippen molar-refractivity contribution in [1.82, 2.24) is 0 Å². The maximum Gasteiger partial charge on any atom is 0.269 e. The van der Waals surface area contributed by atoms with E-state index in [-0.39, 0.29) is 11.8 Å². The summed E-state index contributed by atoms with van der Waals surface area (Å²) in [5.74, 6) is 0. The van der Waals surface area contributed by atoms with Crippen molar-refractivity contribution < 1.29 is 8.84 Å². The van der Waals surface area contributed by atoms with Gasteiger partial charge in [0, 0.05) is 0 Å². The second-order valence-electron chi connectivity index (χ2n) is 7.51. The molecule has 0 aliphatic rings. The van der Waals surface area contributed by atoms with Crippen molar-refractivity contribution in [3.8, 4) is 0 Å². The summed E-state index contributed by atoms with van der Waals surface area (Å²) in [6.07, 6.45) is 6.65. The Labute approximate surface area is 149 Å². The maximum absolute atomic E-state index is 14.9. The van der Waals surface area contributed by atoms with Gasteiger partial charge in [-0.2, -0.15) is 0 Å². The van der Waals surface area contributed by atoms with E-state index in [1.54, 1.807) is 13.1 Å². The summed E-state index contributed by atoms with van der Waals surface area (Å²) in [5.41, 5.74) is 4.66. The first-order chi connectivity index (χ1) is 11.2. The lowest BCUT2D eigenvalue weighted by molar-refractivity contribution is 0.0158. The van der Waals surface area contributed by atoms with Crippen LogP contribution in [-0.2, 0) is 4.74 Å². The van der Waals surface area contributed by atoms with Crippen LogP contribution in [0.15, 0.2) is 24.8 Å². The summed E-state index contributed by atoms with van der Waals surface area (Å²) in [7, 11) is -2.86. The molecule has 3 heteroatoms. The van der Waals surface area contributed by atoms with Gasteiger partial charge in [-0.25, -0.2) is 0 Å². The third kappa shape index (κ3) is 6.17. The fourth-order valence-electron chi connectivity index (χ4n) is 3.44. The van der Waals surface area contributed by atoms with Crippen LogP contribution in [0.4, 0.5) is 4.11 Å². The van der Waals surface area contributed by atoms with Crippen LogP contribution in [-0.4, -0.2) is 14.1 Å². The zero-order valence-electron chi connectivity index (χ0n) is 16.4. The molecule has 0 N–H and O–H groups in total. The maximum atomic E-state index is 14.9. The minimum atomic E-state index is -2.86. The third-order valence-corrected chi connectivity index (χ3v) is 6.56. The van der Waals surface area contributed by atoms with Crippen molar-refractivity contribution in [3.05, 3.63) is 47.0 Å². The van der Waals surface area contributed by atoms with Gasteiger partial charge in [-0.3, -0.25) is 0 Å². The molecule has 0 saturated carbocycles. The molecule has 0 aliphatic heterocycles. The Bertz CT molecular complexity index is 510. The highest BCUT2D eigenvalue weighted by atomic mass is 28.4. The predicted molar refractivity (Wildman–Crippen MR) is 106 cm³/mol. The number of benzene rings is 1. The Balaban J connectivity index is 3.07. The van der Waals surface area contributed by atoms with E-state index in [0.717, 1.165) is 32.1 Å². The molecule has 0 spiro atoms. The smallest absolute Gasteiger partial charge is 0.269 e. The van der Waals surface area contributed by atoms with Gasteiger partial charge in [0.25, 0.3) is 8.41 Å². The zero-order chi connectivity index (χ0) is 18.3. The van der Waals surface area contributed by atoms with E-state index in [1.807, 2.05) is 6.08 Å². The summed E-state index contributed by atoms with van der Waals surface area (Å²) in [6.45, 7) is 16.0. The highest BCUT2D eigenvalue weighted by Crippen LogP contribution is 2.33. The van der Waals surface area contributed by atoms with Crippen LogP contribution >= 0.6 is 0 Å². The average Bonchev–Trinajstić information content (AvgIpc) is 2.44. The fraction of sp³-hybridized carbons (Fsp3) is 0.619. The quantitative estimate of drug-likeness (QED) is 0.193. The van der Waals surface area contributed by atoms with Crippen molar-refractivity contribution >= 4 is 8.41 Å². The topological polar surface area (TPSA) is 9.23 Å². The van der Waals surface area contributed by atoms with E-state index in [9.17, 15) is 4.11 Å². The first-order valence-corrected chi connectivity index (χ1v) is 12.2. The Morgan fingerprint density at radius 1 is 1.17 bits per heavy atom. The Morgan fingerprint density at radius 3 is 2.21 bits per heavy atom. The molecular weight excluding hydrogens is 315 g/mol. The molecule has 1 rings (SSSR count). The van der Waals surface area contributed by atoms with Gasteiger partial charge in [-0.1, -0.05) is 50.0 Å². The molecule has 0 aromatic heterocycles. The molecule has 0 fully saturated rings. The van der Waals surface area contributed by atoms with E-state index in [1.165, 1.54) is 22.3 Å². The number of ether oxygens (including phenoxy) is 1. The van der Waals surface area contributed by atoms with Crippen LogP contribution in [0.1, 0.15) is 67.4 Å². The van der Waals surface area contributed by atoms with Crippen LogP contribution in [0.25, 0.3) is 0 Å². The van der Waals surface area contributed by atoms with Crippen molar-refractivity contribution in [3.63, 3.8) is 0 Å². The van der Waals surface area contributed by atoms with E-state index < -0.39 is 8.41 Å². The minimum Gasteiger partial charge on any atom is -0.370 e. The molecular formula is C21H35FOSi. The lowest BCUT2D eigenvalue weighted by atomic mass is 9.94. The number of rotatable bonds is 10. The standard InChI is InChI=1S/C21H35FOSi/c1-8-10-11-13-20(24(6,7)22)23-19(12-9-2)21-17(4)14-16(3)15-18(21)5/h9,14-15,19-20H,2,8,10-13H2,1,3-7H3/t19-,20+/m1/s1. The molecule has 0 bridgehead atoms. The molecule has 0 aliphatic carbocycles. The van der Waals surface area contributed by atoms with Crippen LogP contribution in [0.2, 0.25) is 13.1 Å². The van der Waals surface area contributed by atoms with E-state index in [4.69, 9.17) is 4.74 Å². The van der Waals surface area contributed by atoms with Gasteiger partial charge >= 0.3 is 0 Å². The summed E-state index contributed by atoms with van der Waals surface area (Å²) in [6, 6.07) is 4.37. The monoisotopic (exact) mass is 350 g/mol. The first-order valence-electron chi connectivity index (χ1n) is 9.23. The van der Waals surface area contributed by atoms with E-state index in [0.29, 0.717) is 0 Å². The molecule has 0 radical (unpaired) electrons. The minimum absolute atomic E-state index is 0.0998. The fourth-order valence-corrected chi connectivity index (χ4v) is 4.82. The third-order valence-electron chi connectivity index (χ3n) is 4.60. The molecule has 1 aromatic carbocycles. The van der Waals surface area contributed by atoms with Gasteiger partial charge in [0.2, 0.25) is 0 Å². The number of aryl methyl sites for hydroxylation is 3. The van der Waals surface area contributed by atoms with Gasteiger partial charge < -0.3 is 8.84 Å². The number of hydrogen-bond donors (Lipinski definition) is 0. The van der Waals surface area contributed by atoms with Crippen LogP contribution in [0.5, 0.6) is 0 Å². The van der Waals surface area contributed by atoms with Gasteiger partial charge in [0.1, 0.15) is 0 Å². The Morgan fingerprint density at radius 2 is 1.75 bits per heavy atom. The second-order valence-corrected chi connectivity index (χ2v) is 11.3. The molecule has 0 unspecified atom stereocenters. The van der Waals surface area contributed by atoms with Gasteiger partial charge in [-0.05, 0) is 63.4 Å². The summed E-state index contributed by atoms with van der Waals surface area (Å²) in [5, 5.41) is 0. The summed E-state index contributed by atoms with van der Waals surface area (Å²) >= 11 is 0. The van der Waals surface area contributed by atoms with E-state index in [2.05, 4.69) is 46.4 Å². The van der Waals surface area contributed by atoms with Gasteiger partial charge in [-0.15, -0.1) is 6.58 Å². The number of unbranched alkanes of at least 4 members (excludes halogenated alkanes) is 2. The highest BCUT2D eigenvalue weighted by molar-refractivity contribution is 6.71. The summed E-state index contributed by atoms with van der Waals surface area (Å²) in [4.78, 5) is 0. The normalized spacial score (nSPS) is 14.5. The number of halogens is 1. The summed E-state index contributed by atoms with van der Waals surface area (Å²) < 4.78 is 21.3. The molecule has 1 aromatic rings. The molecule has 24 heavy (non-hydrogen) atoms. The molecule has 2 atom stereocenters. The average molecular weight is 351 g/mol. The van der Waals surface area contributed by atoms with Gasteiger partial charge in [0.15, 0.2) is 0 Å². The molecule has 0 saturated heterocycles. The lowest BCUT2D eigenvalue weighted by Crippen LogP contribution is -2.40. The van der Waals surface area contributed by atoms with Crippen LogP contribution < -0.4 is 0 Å². The molecule has 136 valence electrons. The SMILES string of the molecule is C=CC[C@@H](O[C@H](CCCCC)[Si](C)(C)F)c1c(C)cc(C)cc1C. The van der Waals surface area contributed by atoms with Gasteiger partial charge in [0.05, 0.1) is 11.8 Å². The van der Waals surface area contributed by atoms with Crippen molar-refractivity contribution in [2.24, 2.45) is 0 Å². The molecule has 0 amide bonds. The molecule has 0 heterocycles. The predicted octanol–water partition coefficient (Wildman–Crippen LogP) is 6.91. The van der Waals surface area contributed by atoms with Crippen molar-refractivity contribution in [1.29, 1.82) is 0 Å². The highest BCUT2D eigenvalue weighted by Gasteiger charge is 2.36. The van der Waals surface area contributed by atoms with E-state index >= 15 is 0 Å². The van der Waals surface area contributed by atoms with Crippen molar-refractivity contribution in [2.45, 2.75) is 84.7 Å². The largest absolute Gasteiger partial charge is 0.370 e. The van der Waals surface area contributed by atoms with Crippen molar-refractivity contribution in [2.75, 3.05) is 0 Å². The zero-order valence-corrected chi connectivity index (χ0v) is 17.4.